The Hall–Kier alpha value is -2.64. The topological polar surface area (TPSA) is 184 Å². The average molecular weight is 589 g/mol. The first-order valence-electron chi connectivity index (χ1n) is 10.7. The molecule has 0 spiro atoms. The highest BCUT2D eigenvalue weighted by Crippen LogP contribution is 2.46. The summed E-state index contributed by atoms with van der Waals surface area (Å²) in [6.45, 7) is 2.64. The van der Waals surface area contributed by atoms with Crippen molar-refractivity contribution in [3.05, 3.63) is 51.0 Å². The summed E-state index contributed by atoms with van der Waals surface area (Å²) in [6.07, 6.45) is -1.44. The number of halogens is 1. The second-order valence-corrected chi connectivity index (χ2v) is 10.6. The number of amides is 1. The van der Waals surface area contributed by atoms with E-state index in [-0.39, 0.29) is 18.8 Å². The lowest BCUT2D eigenvalue weighted by atomic mass is 10.1. The summed E-state index contributed by atoms with van der Waals surface area (Å²) in [5.74, 6) is -0.915. The molecule has 0 aromatic heterocycles. The summed E-state index contributed by atoms with van der Waals surface area (Å²) in [6, 6.07) is 4.65. The summed E-state index contributed by atoms with van der Waals surface area (Å²) in [5, 5.41) is 18.9. The van der Waals surface area contributed by atoms with E-state index in [1.165, 1.54) is 25.1 Å². The third-order valence-corrected chi connectivity index (χ3v) is 7.51. The molecule has 1 aromatic carbocycles. The van der Waals surface area contributed by atoms with Crippen molar-refractivity contribution in [2.75, 3.05) is 13.7 Å². The first-order chi connectivity index (χ1) is 17.0. The molecule has 1 saturated heterocycles. The minimum atomic E-state index is -4.17. The SMILES string of the molecule is COC(=O)C(C)NP(=O)(OC[C@H]1O[C@@H](N2C=C(C)C(=O)N[C@@H]2O)C[C@H]1N=[N+]=[N-])Oc1ccc(Br)cc1. The predicted octanol–water partition coefficient (Wildman–Crippen LogP) is 2.51. The van der Waals surface area contributed by atoms with Gasteiger partial charge in [0.05, 0.1) is 25.9 Å². The number of aliphatic hydroxyl groups is 1. The van der Waals surface area contributed by atoms with Crippen molar-refractivity contribution in [2.45, 2.75) is 51.0 Å². The van der Waals surface area contributed by atoms with Gasteiger partial charge in [-0.25, -0.2) is 4.57 Å². The van der Waals surface area contributed by atoms with E-state index < -0.39 is 50.4 Å². The van der Waals surface area contributed by atoms with Crippen molar-refractivity contribution in [1.82, 2.24) is 15.3 Å². The monoisotopic (exact) mass is 588 g/mol. The van der Waals surface area contributed by atoms with Gasteiger partial charge in [-0.3, -0.25) is 14.1 Å². The molecule has 2 aliphatic heterocycles. The van der Waals surface area contributed by atoms with E-state index in [1.807, 2.05) is 0 Å². The van der Waals surface area contributed by atoms with Gasteiger partial charge in [0.1, 0.15) is 18.0 Å². The highest BCUT2D eigenvalue weighted by atomic mass is 79.9. The number of carbonyl (C=O) groups is 2. The minimum Gasteiger partial charge on any atom is -0.468 e. The normalized spacial score (nSPS) is 26.2. The molecule has 0 saturated carbocycles. The van der Waals surface area contributed by atoms with Crippen LogP contribution in [0.3, 0.4) is 0 Å². The quantitative estimate of drug-likeness (QED) is 0.120. The zero-order valence-corrected chi connectivity index (χ0v) is 22.1. The first-order valence-corrected chi connectivity index (χ1v) is 13.1. The van der Waals surface area contributed by atoms with Gasteiger partial charge in [-0.1, -0.05) is 21.0 Å². The Morgan fingerprint density at radius 3 is 2.81 bits per heavy atom. The average Bonchev–Trinajstić information content (AvgIpc) is 3.23. The van der Waals surface area contributed by atoms with Crippen LogP contribution in [-0.4, -0.2) is 66.4 Å². The molecule has 1 amide bonds. The van der Waals surface area contributed by atoms with Gasteiger partial charge < -0.3 is 29.3 Å². The van der Waals surface area contributed by atoms with Gasteiger partial charge in [0.25, 0.3) is 5.91 Å². The summed E-state index contributed by atoms with van der Waals surface area (Å²) in [7, 11) is -2.99. The van der Waals surface area contributed by atoms with Crippen LogP contribution in [0.5, 0.6) is 5.75 Å². The highest BCUT2D eigenvalue weighted by Gasteiger charge is 2.42. The Kier molecular flexibility index (Phi) is 9.36. The molecule has 0 radical (unpaired) electrons. The Morgan fingerprint density at radius 2 is 2.17 bits per heavy atom. The number of hydrogen-bond acceptors (Lipinski definition) is 10. The molecule has 16 heteroatoms. The molecule has 3 N–H and O–H groups in total. The maximum Gasteiger partial charge on any atom is 0.459 e. The number of hydrogen-bond donors (Lipinski definition) is 3. The van der Waals surface area contributed by atoms with Gasteiger partial charge in [0, 0.05) is 27.6 Å². The number of aliphatic hydroxyl groups excluding tert-OH is 1. The largest absolute Gasteiger partial charge is 0.468 e. The second-order valence-electron chi connectivity index (χ2n) is 7.96. The number of rotatable bonds is 10. The van der Waals surface area contributed by atoms with E-state index in [9.17, 15) is 19.3 Å². The van der Waals surface area contributed by atoms with Crippen LogP contribution in [0.2, 0.25) is 0 Å². The zero-order chi connectivity index (χ0) is 26.5. The molecule has 14 nitrogen and oxygen atoms in total. The standard InChI is InChI=1S/C20H26BrN6O8P/c1-11-9-27(20(30)23-18(11)28)17-8-15(24-26-22)16(34-17)10-33-36(31,25-12(2)19(29)32-3)35-14-6-4-13(21)5-7-14/h4-7,9,12,15-17,20,30H,8,10H2,1-3H3,(H,23,28)(H,25,31)/t12?,15-,16-,17-,20+,36?/m1/s1. The maximum atomic E-state index is 13.6. The van der Waals surface area contributed by atoms with Crippen molar-refractivity contribution < 1.29 is 37.8 Å². The molecule has 2 aliphatic rings. The van der Waals surface area contributed by atoms with Gasteiger partial charge in [-0.15, -0.1) is 0 Å². The van der Waals surface area contributed by atoms with E-state index in [2.05, 4.69) is 41.1 Å². The maximum absolute atomic E-state index is 13.6. The number of nitrogens with zero attached hydrogens (tertiary/aromatic N) is 4. The third kappa shape index (κ3) is 6.98. The van der Waals surface area contributed by atoms with Crippen LogP contribution in [0.1, 0.15) is 20.3 Å². The Morgan fingerprint density at radius 1 is 1.47 bits per heavy atom. The molecule has 196 valence electrons. The van der Waals surface area contributed by atoms with Gasteiger partial charge in [-0.05, 0) is 43.6 Å². The summed E-state index contributed by atoms with van der Waals surface area (Å²) >= 11 is 3.30. The highest BCUT2D eigenvalue weighted by molar-refractivity contribution is 9.10. The number of azide groups is 1. The lowest BCUT2D eigenvalue weighted by molar-refractivity contribution is -0.142. The molecule has 3 rings (SSSR count). The Labute approximate surface area is 215 Å². The number of methoxy groups -OCH3 is 1. The van der Waals surface area contributed by atoms with Gasteiger partial charge >= 0.3 is 13.7 Å². The molecule has 2 unspecified atom stereocenters. The first kappa shape index (κ1) is 27.9. The summed E-state index contributed by atoms with van der Waals surface area (Å²) < 4.78 is 36.2. The Bertz CT molecular complexity index is 1100. The van der Waals surface area contributed by atoms with Crippen LogP contribution >= 0.6 is 23.7 Å². The fourth-order valence-corrected chi connectivity index (χ4v) is 5.26. The van der Waals surface area contributed by atoms with Crippen LogP contribution < -0.4 is 14.9 Å². The van der Waals surface area contributed by atoms with Gasteiger partial charge in [-0.2, -0.15) is 5.09 Å². The van der Waals surface area contributed by atoms with Crippen molar-refractivity contribution in [1.29, 1.82) is 0 Å². The Balaban J connectivity index is 1.77. The van der Waals surface area contributed by atoms with E-state index in [0.29, 0.717) is 5.57 Å². The van der Waals surface area contributed by atoms with Crippen LogP contribution in [0.4, 0.5) is 0 Å². The zero-order valence-electron chi connectivity index (χ0n) is 19.6. The smallest absolute Gasteiger partial charge is 0.459 e. The van der Waals surface area contributed by atoms with E-state index in [0.717, 1.165) is 4.47 Å². The second kappa shape index (κ2) is 12.1. The van der Waals surface area contributed by atoms with E-state index >= 15 is 0 Å². The molecule has 1 aromatic rings. The molecule has 0 bridgehead atoms. The lowest BCUT2D eigenvalue weighted by Gasteiger charge is -2.35. The number of ether oxygens (including phenoxy) is 2. The van der Waals surface area contributed by atoms with Gasteiger partial charge in [0.2, 0.25) is 6.35 Å². The van der Waals surface area contributed by atoms with Crippen LogP contribution in [0, 0.1) is 0 Å². The number of esters is 1. The molecule has 36 heavy (non-hydrogen) atoms. The molecular formula is C20H26BrN6O8P. The van der Waals surface area contributed by atoms with Crippen molar-refractivity contribution >= 4 is 35.6 Å². The summed E-state index contributed by atoms with van der Waals surface area (Å²) in [4.78, 5) is 27.9. The van der Waals surface area contributed by atoms with E-state index in [1.54, 1.807) is 31.2 Å². The third-order valence-electron chi connectivity index (χ3n) is 5.33. The fraction of sp³-hybridized carbons (Fsp3) is 0.500. The molecular weight excluding hydrogens is 563 g/mol. The van der Waals surface area contributed by atoms with Crippen molar-refractivity contribution in [2.24, 2.45) is 5.11 Å². The molecule has 2 heterocycles. The fourth-order valence-electron chi connectivity index (χ4n) is 3.50. The van der Waals surface area contributed by atoms with E-state index in [4.69, 9.17) is 19.3 Å². The molecule has 0 aliphatic carbocycles. The molecule has 6 atom stereocenters. The minimum absolute atomic E-state index is 0.151. The number of nitrogens with one attached hydrogen (secondary N) is 2. The number of benzene rings is 1. The predicted molar refractivity (Wildman–Crippen MR) is 129 cm³/mol. The number of carbonyl (C=O) groups excluding carboxylic acids is 2. The summed E-state index contributed by atoms with van der Waals surface area (Å²) in [5.41, 5.74) is 9.35. The van der Waals surface area contributed by atoms with Crippen molar-refractivity contribution in [3.63, 3.8) is 0 Å². The van der Waals surface area contributed by atoms with Crippen LogP contribution in [-0.2, 0) is 28.2 Å². The van der Waals surface area contributed by atoms with Gasteiger partial charge in [0.15, 0.2) is 0 Å². The van der Waals surface area contributed by atoms with Crippen LogP contribution in [0.15, 0.2) is 45.6 Å². The molecule has 1 fully saturated rings. The van der Waals surface area contributed by atoms with Crippen molar-refractivity contribution in [3.8, 4) is 5.75 Å². The lowest BCUT2D eigenvalue weighted by Crippen LogP contribution is -2.53. The van der Waals surface area contributed by atoms with Crippen LogP contribution in [0.25, 0.3) is 10.4 Å².